The van der Waals surface area contributed by atoms with E-state index in [1.807, 2.05) is 55.5 Å². The molecule has 1 aliphatic rings. The van der Waals surface area contributed by atoms with Crippen LogP contribution in [0, 0.1) is 6.92 Å². The average Bonchev–Trinajstić information content (AvgIpc) is 2.75. The van der Waals surface area contributed by atoms with Crippen molar-refractivity contribution in [2.75, 3.05) is 26.3 Å². The summed E-state index contributed by atoms with van der Waals surface area (Å²) in [6.07, 6.45) is 2.71. The van der Waals surface area contributed by atoms with Crippen LogP contribution in [-0.4, -0.2) is 46.3 Å². The van der Waals surface area contributed by atoms with E-state index in [2.05, 4.69) is 14.9 Å². The Hall–Kier alpha value is -2.31. The SMILES string of the molecule is Cc1cc(Cl)cc(-c2ncccc2[C@@H](O)[C@H](c2ccccn2)N2CCOCC2)c1. The number of aliphatic hydroxyl groups is 1. The topological polar surface area (TPSA) is 58.5 Å². The molecule has 150 valence electrons. The molecule has 1 saturated heterocycles. The number of benzene rings is 1. The minimum absolute atomic E-state index is 0.289. The smallest absolute Gasteiger partial charge is 0.102 e. The number of morpholine rings is 1. The Morgan fingerprint density at radius 2 is 1.83 bits per heavy atom. The quantitative estimate of drug-likeness (QED) is 0.684. The van der Waals surface area contributed by atoms with Crippen molar-refractivity contribution < 1.29 is 9.84 Å². The minimum atomic E-state index is -0.800. The minimum Gasteiger partial charge on any atom is -0.386 e. The van der Waals surface area contributed by atoms with E-state index in [-0.39, 0.29) is 6.04 Å². The molecule has 1 aromatic carbocycles. The summed E-state index contributed by atoms with van der Waals surface area (Å²) >= 11 is 6.29. The van der Waals surface area contributed by atoms with Crippen LogP contribution in [0.1, 0.15) is 29.0 Å². The highest BCUT2D eigenvalue weighted by molar-refractivity contribution is 6.30. The maximum Gasteiger partial charge on any atom is 0.102 e. The predicted molar refractivity (Wildman–Crippen MR) is 114 cm³/mol. The third kappa shape index (κ3) is 4.49. The van der Waals surface area contributed by atoms with Crippen molar-refractivity contribution in [2.24, 2.45) is 0 Å². The van der Waals surface area contributed by atoms with Gasteiger partial charge in [-0.05, 0) is 48.9 Å². The van der Waals surface area contributed by atoms with Crippen molar-refractivity contribution in [3.63, 3.8) is 0 Å². The van der Waals surface area contributed by atoms with Gasteiger partial charge in [-0.2, -0.15) is 0 Å². The molecule has 3 aromatic rings. The Bertz CT molecular complexity index is 941. The molecule has 4 rings (SSSR count). The molecular formula is C23H24ClN3O2. The second-order valence-corrected chi connectivity index (χ2v) is 7.69. The molecular weight excluding hydrogens is 386 g/mol. The van der Waals surface area contributed by atoms with Gasteiger partial charge in [0.1, 0.15) is 6.10 Å². The average molecular weight is 410 g/mol. The van der Waals surface area contributed by atoms with Crippen LogP contribution in [0.4, 0.5) is 0 Å². The molecule has 6 heteroatoms. The summed E-state index contributed by atoms with van der Waals surface area (Å²) in [5.74, 6) is 0. The molecule has 1 fully saturated rings. The van der Waals surface area contributed by atoms with Gasteiger partial charge in [0.2, 0.25) is 0 Å². The summed E-state index contributed by atoms with van der Waals surface area (Å²) in [7, 11) is 0. The van der Waals surface area contributed by atoms with Gasteiger partial charge in [0, 0.05) is 41.6 Å². The van der Waals surface area contributed by atoms with Gasteiger partial charge in [-0.25, -0.2) is 0 Å². The maximum absolute atomic E-state index is 11.6. The lowest BCUT2D eigenvalue weighted by Gasteiger charge is -2.37. The lowest BCUT2D eigenvalue weighted by Crippen LogP contribution is -2.41. The van der Waals surface area contributed by atoms with Crippen LogP contribution < -0.4 is 0 Å². The number of nitrogens with zero attached hydrogens (tertiary/aromatic N) is 3. The van der Waals surface area contributed by atoms with Crippen molar-refractivity contribution in [3.8, 4) is 11.3 Å². The van der Waals surface area contributed by atoms with E-state index in [1.54, 1.807) is 12.4 Å². The Morgan fingerprint density at radius 3 is 2.55 bits per heavy atom. The molecule has 0 bridgehead atoms. The standard InChI is InChI=1S/C23H24ClN3O2/c1-16-13-17(15-18(24)14-16)21-19(5-4-8-26-21)23(28)22(20-6-2-3-7-25-20)27-9-11-29-12-10-27/h2-8,13-15,22-23,28H,9-12H2,1H3/t22-,23+/m0/s1. The third-order valence-corrected chi connectivity index (χ3v) is 5.42. The monoisotopic (exact) mass is 409 g/mol. The van der Waals surface area contributed by atoms with E-state index >= 15 is 0 Å². The van der Waals surface area contributed by atoms with Gasteiger partial charge in [0.25, 0.3) is 0 Å². The first-order valence-electron chi connectivity index (χ1n) is 9.77. The lowest BCUT2D eigenvalue weighted by molar-refractivity contribution is -0.0251. The van der Waals surface area contributed by atoms with Crippen molar-refractivity contribution >= 4 is 11.6 Å². The van der Waals surface area contributed by atoms with Crippen molar-refractivity contribution in [2.45, 2.75) is 19.1 Å². The summed E-state index contributed by atoms with van der Waals surface area (Å²) < 4.78 is 5.52. The third-order valence-electron chi connectivity index (χ3n) is 5.20. The van der Waals surface area contributed by atoms with Crippen LogP contribution in [0.2, 0.25) is 5.02 Å². The Labute approximate surface area is 176 Å². The summed E-state index contributed by atoms with van der Waals surface area (Å²) in [5, 5.41) is 12.2. The number of pyridine rings is 2. The lowest BCUT2D eigenvalue weighted by atomic mass is 9.93. The highest BCUT2D eigenvalue weighted by Crippen LogP contribution is 2.38. The number of aryl methyl sites for hydroxylation is 1. The highest BCUT2D eigenvalue weighted by atomic mass is 35.5. The molecule has 1 aliphatic heterocycles. The number of aromatic nitrogens is 2. The van der Waals surface area contributed by atoms with Crippen LogP contribution >= 0.6 is 11.6 Å². The normalized spacial score (nSPS) is 17.1. The highest BCUT2D eigenvalue weighted by Gasteiger charge is 2.32. The van der Waals surface area contributed by atoms with Crippen molar-refractivity contribution in [3.05, 3.63) is 82.8 Å². The van der Waals surface area contributed by atoms with E-state index in [0.29, 0.717) is 18.2 Å². The van der Waals surface area contributed by atoms with Gasteiger partial charge in [-0.3, -0.25) is 14.9 Å². The molecule has 1 N–H and O–H groups in total. The van der Waals surface area contributed by atoms with Gasteiger partial charge >= 0.3 is 0 Å². The van der Waals surface area contributed by atoms with Gasteiger partial charge in [-0.15, -0.1) is 0 Å². The van der Waals surface area contributed by atoms with Crippen LogP contribution in [0.15, 0.2) is 60.9 Å². The van der Waals surface area contributed by atoms with Crippen molar-refractivity contribution in [1.29, 1.82) is 0 Å². The van der Waals surface area contributed by atoms with Crippen LogP contribution in [0.3, 0.4) is 0 Å². The fourth-order valence-electron chi connectivity index (χ4n) is 3.90. The molecule has 0 amide bonds. The molecule has 2 atom stereocenters. The van der Waals surface area contributed by atoms with Gasteiger partial charge < -0.3 is 9.84 Å². The number of hydrogen-bond donors (Lipinski definition) is 1. The molecule has 5 nitrogen and oxygen atoms in total. The molecule has 29 heavy (non-hydrogen) atoms. The summed E-state index contributed by atoms with van der Waals surface area (Å²) in [4.78, 5) is 11.4. The zero-order valence-electron chi connectivity index (χ0n) is 16.3. The van der Waals surface area contributed by atoms with E-state index in [4.69, 9.17) is 16.3 Å². The second-order valence-electron chi connectivity index (χ2n) is 7.25. The van der Waals surface area contributed by atoms with Crippen molar-refractivity contribution in [1.82, 2.24) is 14.9 Å². The van der Waals surface area contributed by atoms with E-state index < -0.39 is 6.10 Å². The van der Waals surface area contributed by atoms with E-state index in [1.165, 1.54) is 0 Å². The van der Waals surface area contributed by atoms with Gasteiger partial charge in [0.15, 0.2) is 0 Å². The Balaban J connectivity index is 1.78. The fourth-order valence-corrected chi connectivity index (χ4v) is 4.19. The first-order chi connectivity index (χ1) is 14.1. The molecule has 2 aromatic heterocycles. The number of rotatable bonds is 5. The van der Waals surface area contributed by atoms with E-state index in [9.17, 15) is 5.11 Å². The molecule has 0 unspecified atom stereocenters. The second kappa shape index (κ2) is 9.01. The zero-order valence-corrected chi connectivity index (χ0v) is 17.1. The van der Waals surface area contributed by atoms with Gasteiger partial charge in [0.05, 0.1) is 30.6 Å². The molecule has 0 aliphatic carbocycles. The zero-order chi connectivity index (χ0) is 20.2. The summed E-state index contributed by atoms with van der Waals surface area (Å²) in [5.41, 5.74) is 4.27. The number of hydrogen-bond acceptors (Lipinski definition) is 5. The summed E-state index contributed by atoms with van der Waals surface area (Å²) in [6, 6.07) is 15.1. The molecule has 0 spiro atoms. The van der Waals surface area contributed by atoms with Crippen LogP contribution in [0.25, 0.3) is 11.3 Å². The van der Waals surface area contributed by atoms with E-state index in [0.717, 1.165) is 41.2 Å². The molecule has 0 radical (unpaired) electrons. The number of ether oxygens (including phenoxy) is 1. The molecule has 0 saturated carbocycles. The Kier molecular flexibility index (Phi) is 6.21. The summed E-state index contributed by atoms with van der Waals surface area (Å²) in [6.45, 7) is 4.76. The first kappa shape index (κ1) is 20.0. The van der Waals surface area contributed by atoms with Gasteiger partial charge in [-0.1, -0.05) is 23.7 Å². The number of halogens is 1. The first-order valence-corrected chi connectivity index (χ1v) is 10.1. The number of aliphatic hydroxyl groups excluding tert-OH is 1. The van der Waals surface area contributed by atoms with Crippen LogP contribution in [0.5, 0.6) is 0 Å². The van der Waals surface area contributed by atoms with Crippen LogP contribution in [-0.2, 0) is 4.74 Å². The fraction of sp³-hybridized carbons (Fsp3) is 0.304. The Morgan fingerprint density at radius 1 is 1.03 bits per heavy atom. The maximum atomic E-state index is 11.6. The largest absolute Gasteiger partial charge is 0.386 e. The molecule has 3 heterocycles. The predicted octanol–water partition coefficient (Wildman–Crippen LogP) is 4.21.